The van der Waals surface area contributed by atoms with Crippen molar-refractivity contribution in [2.45, 2.75) is 31.8 Å². The predicted molar refractivity (Wildman–Crippen MR) is 131 cm³/mol. The Balaban J connectivity index is 1.27. The van der Waals surface area contributed by atoms with Gasteiger partial charge in [-0.1, -0.05) is 36.4 Å². The van der Waals surface area contributed by atoms with E-state index in [-0.39, 0.29) is 17.6 Å². The minimum atomic E-state index is -0.332. The molecule has 1 aliphatic heterocycles. The third-order valence-electron chi connectivity index (χ3n) is 6.24. The van der Waals surface area contributed by atoms with E-state index in [0.717, 1.165) is 36.1 Å². The second-order valence-corrected chi connectivity index (χ2v) is 8.68. The molecule has 0 aromatic heterocycles. The van der Waals surface area contributed by atoms with E-state index >= 15 is 0 Å². The van der Waals surface area contributed by atoms with Crippen molar-refractivity contribution >= 4 is 11.9 Å². The van der Waals surface area contributed by atoms with Crippen molar-refractivity contribution in [1.82, 2.24) is 10.2 Å². The molecule has 1 saturated heterocycles. The van der Waals surface area contributed by atoms with E-state index in [4.69, 9.17) is 4.74 Å². The van der Waals surface area contributed by atoms with Crippen molar-refractivity contribution in [2.75, 3.05) is 20.2 Å². The summed E-state index contributed by atoms with van der Waals surface area (Å²) < 4.78 is 4.73. The number of benzene rings is 3. The summed E-state index contributed by atoms with van der Waals surface area (Å²) in [6.45, 7) is 2.15. The molecule has 1 aliphatic rings. The Labute approximate surface area is 200 Å². The first-order valence-electron chi connectivity index (χ1n) is 11.6. The fourth-order valence-corrected chi connectivity index (χ4v) is 4.32. The zero-order valence-corrected chi connectivity index (χ0v) is 19.4. The summed E-state index contributed by atoms with van der Waals surface area (Å²) in [6.07, 6.45) is 2.46. The van der Waals surface area contributed by atoms with Crippen molar-refractivity contribution in [3.8, 4) is 5.75 Å². The molecule has 3 aromatic rings. The van der Waals surface area contributed by atoms with Crippen molar-refractivity contribution in [1.29, 1.82) is 0 Å². The van der Waals surface area contributed by atoms with Gasteiger partial charge in [0.1, 0.15) is 5.75 Å². The molecule has 0 aliphatic carbocycles. The monoisotopic (exact) mass is 458 g/mol. The number of hydrogen-bond acceptors (Lipinski definition) is 5. The van der Waals surface area contributed by atoms with E-state index in [1.165, 1.54) is 7.11 Å². The van der Waals surface area contributed by atoms with Crippen LogP contribution in [0.1, 0.15) is 50.2 Å². The lowest BCUT2D eigenvalue weighted by Crippen LogP contribution is -2.44. The molecular weight excluding hydrogens is 428 g/mol. The zero-order chi connectivity index (χ0) is 23.9. The van der Waals surface area contributed by atoms with Gasteiger partial charge in [0, 0.05) is 31.2 Å². The van der Waals surface area contributed by atoms with Crippen molar-refractivity contribution in [3.05, 3.63) is 101 Å². The smallest absolute Gasteiger partial charge is 0.337 e. The number of methoxy groups -OCH3 is 1. The van der Waals surface area contributed by atoms with Gasteiger partial charge < -0.3 is 20.1 Å². The highest BCUT2D eigenvalue weighted by Crippen LogP contribution is 2.19. The number of piperidine rings is 1. The molecule has 0 spiro atoms. The van der Waals surface area contributed by atoms with E-state index in [0.29, 0.717) is 36.7 Å². The highest BCUT2D eigenvalue weighted by Gasteiger charge is 2.23. The van der Waals surface area contributed by atoms with Gasteiger partial charge in [0.25, 0.3) is 5.91 Å². The number of carbonyl (C=O) groups is 2. The number of phenols is 1. The normalized spacial score (nSPS) is 14.1. The van der Waals surface area contributed by atoms with Crippen LogP contribution in [0.2, 0.25) is 0 Å². The van der Waals surface area contributed by atoms with Crippen LogP contribution in [0.5, 0.6) is 5.75 Å². The standard InChI is InChI=1S/C28H30N2O4/c1-34-28(33)23-10-8-20(9-11-23)19-29-25-12-14-30(15-13-25)27(32)24-6-2-4-21(17-24)16-22-5-3-7-26(31)18-22/h2-11,17-18,25,29,31H,12-16,19H2,1H3. The number of carbonyl (C=O) groups excluding carboxylic acids is 2. The second-order valence-electron chi connectivity index (χ2n) is 8.68. The first-order valence-corrected chi connectivity index (χ1v) is 11.6. The molecule has 0 radical (unpaired) electrons. The van der Waals surface area contributed by atoms with Crippen molar-refractivity contribution in [2.24, 2.45) is 0 Å². The lowest BCUT2D eigenvalue weighted by molar-refractivity contribution is 0.0600. The molecule has 1 heterocycles. The minimum Gasteiger partial charge on any atom is -0.508 e. The number of nitrogens with one attached hydrogen (secondary N) is 1. The van der Waals surface area contributed by atoms with E-state index in [2.05, 4.69) is 5.32 Å². The molecular formula is C28H30N2O4. The fraction of sp³-hybridized carbons (Fsp3) is 0.286. The van der Waals surface area contributed by atoms with Gasteiger partial charge in [-0.3, -0.25) is 4.79 Å². The van der Waals surface area contributed by atoms with E-state index in [1.54, 1.807) is 24.3 Å². The molecule has 2 N–H and O–H groups in total. The van der Waals surface area contributed by atoms with Crippen molar-refractivity contribution < 1.29 is 19.4 Å². The van der Waals surface area contributed by atoms with E-state index < -0.39 is 0 Å². The van der Waals surface area contributed by atoms with E-state index in [9.17, 15) is 14.7 Å². The van der Waals surface area contributed by atoms with Gasteiger partial charge in [-0.05, 0) is 72.4 Å². The van der Waals surface area contributed by atoms with Gasteiger partial charge in [-0.25, -0.2) is 4.79 Å². The van der Waals surface area contributed by atoms with Crippen LogP contribution in [0.15, 0.2) is 72.8 Å². The third kappa shape index (κ3) is 6.02. The first kappa shape index (κ1) is 23.5. The summed E-state index contributed by atoms with van der Waals surface area (Å²) in [7, 11) is 1.38. The predicted octanol–water partition coefficient (Wildman–Crippen LogP) is 4.16. The molecule has 0 atom stereocenters. The molecule has 6 nitrogen and oxygen atoms in total. The van der Waals surface area contributed by atoms with Crippen LogP contribution in [-0.2, 0) is 17.7 Å². The van der Waals surface area contributed by atoms with Crippen LogP contribution >= 0.6 is 0 Å². The number of aromatic hydroxyl groups is 1. The number of phenolic OH excluding ortho intramolecular Hbond substituents is 1. The van der Waals surface area contributed by atoms with Crippen LogP contribution in [0.4, 0.5) is 0 Å². The molecule has 1 fully saturated rings. The zero-order valence-electron chi connectivity index (χ0n) is 19.4. The summed E-state index contributed by atoms with van der Waals surface area (Å²) in [6, 6.07) is 22.7. The van der Waals surface area contributed by atoms with Gasteiger partial charge in [0.15, 0.2) is 0 Å². The first-order chi connectivity index (χ1) is 16.5. The summed E-state index contributed by atoms with van der Waals surface area (Å²) in [4.78, 5) is 26.6. The van der Waals surface area contributed by atoms with Gasteiger partial charge in [0.2, 0.25) is 0 Å². The Morgan fingerprint density at radius 3 is 2.26 bits per heavy atom. The Bertz CT molecular complexity index is 1140. The summed E-state index contributed by atoms with van der Waals surface area (Å²) in [5.41, 5.74) is 4.41. The Kier molecular flexibility index (Phi) is 7.60. The number of likely N-dealkylation sites (tertiary alicyclic amines) is 1. The molecule has 4 rings (SSSR count). The number of esters is 1. The van der Waals surface area contributed by atoms with Crippen LogP contribution in [0, 0.1) is 0 Å². The highest BCUT2D eigenvalue weighted by atomic mass is 16.5. The molecule has 1 amide bonds. The quantitative estimate of drug-likeness (QED) is 0.520. The molecule has 0 unspecified atom stereocenters. The van der Waals surface area contributed by atoms with Gasteiger partial charge >= 0.3 is 5.97 Å². The van der Waals surface area contributed by atoms with Gasteiger partial charge in [-0.15, -0.1) is 0 Å². The van der Waals surface area contributed by atoms with Crippen LogP contribution < -0.4 is 5.32 Å². The average molecular weight is 459 g/mol. The summed E-state index contributed by atoms with van der Waals surface area (Å²) >= 11 is 0. The van der Waals surface area contributed by atoms with E-state index in [1.807, 2.05) is 53.4 Å². The van der Waals surface area contributed by atoms with Crippen LogP contribution in [0.3, 0.4) is 0 Å². The minimum absolute atomic E-state index is 0.0645. The molecule has 3 aromatic carbocycles. The van der Waals surface area contributed by atoms with Gasteiger partial charge in [0.05, 0.1) is 12.7 Å². The maximum Gasteiger partial charge on any atom is 0.337 e. The second kappa shape index (κ2) is 11.0. The maximum absolute atomic E-state index is 13.1. The number of amides is 1. The molecule has 34 heavy (non-hydrogen) atoms. The molecule has 176 valence electrons. The number of ether oxygens (including phenoxy) is 1. The number of rotatable bonds is 7. The summed E-state index contributed by atoms with van der Waals surface area (Å²) in [5, 5.41) is 13.3. The summed E-state index contributed by atoms with van der Waals surface area (Å²) in [5.74, 6) is -0.0181. The molecule has 0 saturated carbocycles. The fourth-order valence-electron chi connectivity index (χ4n) is 4.32. The Hall–Kier alpha value is -3.64. The van der Waals surface area contributed by atoms with Crippen LogP contribution in [-0.4, -0.2) is 48.1 Å². The Morgan fingerprint density at radius 1 is 0.912 bits per heavy atom. The van der Waals surface area contributed by atoms with Gasteiger partial charge in [-0.2, -0.15) is 0 Å². The lowest BCUT2D eigenvalue weighted by Gasteiger charge is -2.32. The SMILES string of the molecule is COC(=O)c1ccc(CNC2CCN(C(=O)c3cccc(Cc4cccc(O)c4)c3)CC2)cc1. The average Bonchev–Trinajstić information content (AvgIpc) is 2.87. The molecule has 0 bridgehead atoms. The largest absolute Gasteiger partial charge is 0.508 e. The third-order valence-corrected chi connectivity index (χ3v) is 6.24. The van der Waals surface area contributed by atoms with Crippen LogP contribution in [0.25, 0.3) is 0 Å². The number of nitrogens with zero attached hydrogens (tertiary/aromatic N) is 1. The lowest BCUT2D eigenvalue weighted by atomic mass is 10.0. The van der Waals surface area contributed by atoms with Crippen molar-refractivity contribution in [3.63, 3.8) is 0 Å². The Morgan fingerprint density at radius 2 is 1.59 bits per heavy atom. The number of hydrogen-bond donors (Lipinski definition) is 2. The highest BCUT2D eigenvalue weighted by molar-refractivity contribution is 5.94. The molecule has 6 heteroatoms. The topological polar surface area (TPSA) is 78.9 Å². The maximum atomic E-state index is 13.1.